The van der Waals surface area contributed by atoms with E-state index in [1.807, 2.05) is 0 Å². The quantitative estimate of drug-likeness (QED) is 0.357. The Kier molecular flexibility index (Phi) is 11.3. The summed E-state index contributed by atoms with van der Waals surface area (Å²) in [5.74, 6) is -1.12. The van der Waals surface area contributed by atoms with Crippen LogP contribution in [0, 0.1) is 11.7 Å². The molecule has 194 valence electrons. The summed E-state index contributed by atoms with van der Waals surface area (Å²) in [6, 6.07) is 5.46. The lowest BCUT2D eigenvalue weighted by Crippen LogP contribution is -2.34. The minimum absolute atomic E-state index is 0.256. The molecule has 0 spiro atoms. The van der Waals surface area contributed by atoms with Crippen LogP contribution >= 0.6 is 0 Å². The van der Waals surface area contributed by atoms with Gasteiger partial charge in [-0.3, -0.25) is 9.78 Å². The number of benzene rings is 1. The van der Waals surface area contributed by atoms with Crippen LogP contribution in [0.25, 0.3) is 11.1 Å². The monoisotopic (exact) mass is 500 g/mol. The molecule has 0 saturated carbocycles. The number of amides is 3. The Hall–Kier alpha value is -4.21. The van der Waals surface area contributed by atoms with E-state index in [2.05, 4.69) is 34.5 Å². The Morgan fingerprint density at radius 3 is 2.42 bits per heavy atom. The zero-order valence-electron chi connectivity index (χ0n) is 20.9. The van der Waals surface area contributed by atoms with Crippen molar-refractivity contribution < 1.29 is 28.6 Å². The number of aromatic nitrogens is 1. The first-order chi connectivity index (χ1) is 16.8. The number of ether oxygens (including phenoxy) is 1. The van der Waals surface area contributed by atoms with Gasteiger partial charge < -0.3 is 26.2 Å². The van der Waals surface area contributed by atoms with E-state index in [1.165, 1.54) is 24.3 Å². The summed E-state index contributed by atoms with van der Waals surface area (Å²) in [5.41, 5.74) is 5.58. The highest BCUT2D eigenvalue weighted by molar-refractivity contribution is 5.97. The molecule has 0 aliphatic heterocycles. The third kappa shape index (κ3) is 10.4. The van der Waals surface area contributed by atoms with Crippen molar-refractivity contribution in [2.45, 2.75) is 45.8 Å². The number of alkyl carbamates (subject to hydrolysis) is 1. The van der Waals surface area contributed by atoms with Crippen molar-refractivity contribution >= 4 is 23.8 Å². The van der Waals surface area contributed by atoms with Gasteiger partial charge >= 0.3 is 12.2 Å². The normalized spacial score (nSPS) is 12.1. The van der Waals surface area contributed by atoms with Gasteiger partial charge in [-0.05, 0) is 57.0 Å². The minimum atomic E-state index is -1.33. The molecule has 0 unspecified atom stereocenters. The number of carboxylic acid groups (broad SMARTS) is 1. The van der Waals surface area contributed by atoms with E-state index >= 15 is 0 Å². The van der Waals surface area contributed by atoms with Gasteiger partial charge in [0.1, 0.15) is 11.4 Å². The maximum atomic E-state index is 14.1. The topological polar surface area (TPSA) is 144 Å². The summed E-state index contributed by atoms with van der Waals surface area (Å²) in [6.07, 6.45) is 4.94. The lowest BCUT2D eigenvalue weighted by Gasteiger charge is -2.23. The molecule has 3 amide bonds. The van der Waals surface area contributed by atoms with Gasteiger partial charge in [-0.25, -0.2) is 14.0 Å². The van der Waals surface area contributed by atoms with Crippen molar-refractivity contribution in [3.05, 3.63) is 73.3 Å². The number of primary amides is 1. The van der Waals surface area contributed by atoms with Crippen molar-refractivity contribution in [2.75, 3.05) is 5.32 Å². The van der Waals surface area contributed by atoms with Gasteiger partial charge in [0.15, 0.2) is 0 Å². The number of anilines is 1. The number of hydrogen-bond acceptors (Lipinski definition) is 5. The molecule has 0 aliphatic rings. The molecule has 9 nitrogen and oxygen atoms in total. The number of nitrogens with two attached hydrogens (primary N) is 1. The van der Waals surface area contributed by atoms with Gasteiger partial charge in [0.25, 0.3) is 0 Å². The fourth-order valence-electron chi connectivity index (χ4n) is 2.91. The molecule has 36 heavy (non-hydrogen) atoms. The molecule has 2 rings (SSSR count). The molecule has 0 saturated heterocycles. The summed E-state index contributed by atoms with van der Waals surface area (Å²) in [5, 5.41) is 12.8. The van der Waals surface area contributed by atoms with Gasteiger partial charge in [-0.2, -0.15) is 0 Å². The van der Waals surface area contributed by atoms with E-state index in [1.54, 1.807) is 52.2 Å². The molecule has 10 heteroatoms. The second-order valence-corrected chi connectivity index (χ2v) is 8.77. The molecule has 1 heterocycles. The van der Waals surface area contributed by atoms with Gasteiger partial charge in [-0.1, -0.05) is 19.1 Å². The predicted molar refractivity (Wildman–Crippen MR) is 137 cm³/mol. The fraction of sp³-hybridized carbons (Fsp3) is 0.308. The number of carbonyl (C=O) groups is 3. The predicted octanol–water partition coefficient (Wildman–Crippen LogP) is 5.41. The van der Waals surface area contributed by atoms with E-state index in [0.717, 1.165) is 0 Å². The van der Waals surface area contributed by atoms with E-state index < -0.39 is 35.6 Å². The number of halogens is 1. The number of pyridine rings is 1. The fourth-order valence-corrected chi connectivity index (χ4v) is 2.91. The molecule has 5 N–H and O–H groups in total. The first-order valence-corrected chi connectivity index (χ1v) is 11.0. The lowest BCUT2D eigenvalue weighted by molar-refractivity contribution is -0.118. The molecular weight excluding hydrogens is 467 g/mol. The summed E-state index contributed by atoms with van der Waals surface area (Å²) >= 11 is 0. The minimum Gasteiger partial charge on any atom is -0.465 e. The van der Waals surface area contributed by atoms with E-state index in [9.17, 15) is 14.0 Å². The molecule has 0 bridgehead atoms. The first-order valence-electron chi connectivity index (χ1n) is 11.0. The average Bonchev–Trinajstić information content (AvgIpc) is 2.77. The van der Waals surface area contributed by atoms with Crippen molar-refractivity contribution in [3.63, 3.8) is 0 Å². The molecule has 1 aromatic carbocycles. The second-order valence-electron chi connectivity index (χ2n) is 8.77. The van der Waals surface area contributed by atoms with Crippen LogP contribution in [0.3, 0.4) is 0 Å². The molecule has 2 atom stereocenters. The zero-order valence-corrected chi connectivity index (χ0v) is 20.9. The SMILES string of the molecule is C=CC[C@H](NC(=O)OC(C)(C)C)c1cncc(-c2cc(F)ccc2NC(=O)[C@H](C)C=C)c1.NC(=O)O. The van der Waals surface area contributed by atoms with Crippen molar-refractivity contribution in [2.24, 2.45) is 11.7 Å². The average molecular weight is 501 g/mol. The van der Waals surface area contributed by atoms with Crippen LogP contribution in [0.4, 0.5) is 19.7 Å². The molecule has 1 aromatic heterocycles. The summed E-state index contributed by atoms with van der Waals surface area (Å²) in [6.45, 7) is 14.4. The lowest BCUT2D eigenvalue weighted by atomic mass is 9.99. The van der Waals surface area contributed by atoms with Gasteiger partial charge in [0.2, 0.25) is 5.91 Å². The largest absolute Gasteiger partial charge is 0.465 e. The Morgan fingerprint density at radius 1 is 1.22 bits per heavy atom. The summed E-state index contributed by atoms with van der Waals surface area (Å²) in [4.78, 5) is 37.7. The van der Waals surface area contributed by atoms with Gasteiger partial charge in [0.05, 0.1) is 12.0 Å². The third-order valence-corrected chi connectivity index (χ3v) is 4.57. The number of nitrogens with zero attached hydrogens (tertiary/aromatic N) is 1. The Morgan fingerprint density at radius 2 is 1.86 bits per heavy atom. The Balaban J connectivity index is 0.00000150. The Bertz CT molecular complexity index is 1090. The van der Waals surface area contributed by atoms with E-state index in [0.29, 0.717) is 28.8 Å². The van der Waals surface area contributed by atoms with Crippen LogP contribution in [0.2, 0.25) is 0 Å². The van der Waals surface area contributed by atoms with E-state index in [-0.39, 0.29) is 5.91 Å². The summed E-state index contributed by atoms with van der Waals surface area (Å²) in [7, 11) is 0. The van der Waals surface area contributed by atoms with Crippen LogP contribution in [0.1, 0.15) is 45.7 Å². The first kappa shape index (κ1) is 29.8. The Labute approximate surface area is 210 Å². The second kappa shape index (κ2) is 13.6. The third-order valence-electron chi connectivity index (χ3n) is 4.57. The van der Waals surface area contributed by atoms with Crippen LogP contribution in [0.15, 0.2) is 62.0 Å². The molecule has 0 radical (unpaired) electrons. The smallest absolute Gasteiger partial charge is 0.408 e. The highest BCUT2D eigenvalue weighted by Gasteiger charge is 2.21. The van der Waals surface area contributed by atoms with Crippen LogP contribution in [-0.2, 0) is 9.53 Å². The number of hydrogen-bond donors (Lipinski definition) is 4. The maximum absolute atomic E-state index is 14.1. The molecule has 2 aromatic rings. The molecular formula is C26H33FN4O5. The highest BCUT2D eigenvalue weighted by Crippen LogP contribution is 2.31. The number of nitrogens with one attached hydrogen (secondary N) is 2. The van der Waals surface area contributed by atoms with Crippen molar-refractivity contribution in [1.82, 2.24) is 10.3 Å². The zero-order chi connectivity index (χ0) is 27.5. The summed E-state index contributed by atoms with van der Waals surface area (Å²) < 4.78 is 19.4. The molecule has 0 fully saturated rings. The number of rotatable bonds is 8. The van der Waals surface area contributed by atoms with Crippen molar-refractivity contribution in [1.29, 1.82) is 0 Å². The highest BCUT2D eigenvalue weighted by atomic mass is 19.1. The molecule has 0 aliphatic carbocycles. The maximum Gasteiger partial charge on any atom is 0.408 e. The number of carbonyl (C=O) groups excluding carboxylic acids is 2. The standard InChI is InChI=1S/C25H30FN3O3.CH3NO2/c1-7-9-21(29-24(31)32-25(4,5)6)18-12-17(14-27-15-18)20-13-19(26)10-11-22(20)28-23(30)16(3)8-2;2-1(3)4/h7-8,10-16,21H,1-2,9H2,3-6H3,(H,28,30)(H,29,31);2H2,(H,3,4)/t16-,21+;/m1./s1. The van der Waals surface area contributed by atoms with Crippen LogP contribution in [0.5, 0.6) is 0 Å². The van der Waals surface area contributed by atoms with Gasteiger partial charge in [-0.15, -0.1) is 13.2 Å². The van der Waals surface area contributed by atoms with Crippen molar-refractivity contribution in [3.8, 4) is 11.1 Å². The van der Waals surface area contributed by atoms with Crippen LogP contribution in [-0.4, -0.2) is 33.8 Å². The van der Waals surface area contributed by atoms with Crippen LogP contribution < -0.4 is 16.4 Å². The van der Waals surface area contributed by atoms with E-state index in [4.69, 9.17) is 14.6 Å². The van der Waals surface area contributed by atoms with Gasteiger partial charge in [0, 0.05) is 29.2 Å².